The van der Waals surface area contributed by atoms with E-state index in [4.69, 9.17) is 5.73 Å². The van der Waals surface area contributed by atoms with E-state index in [1.165, 1.54) is 11.6 Å². The molecule has 0 aliphatic carbocycles. The largest absolute Gasteiger partial charge is 0.383 e. The summed E-state index contributed by atoms with van der Waals surface area (Å²) in [5.41, 5.74) is 6.74. The molecule has 6 heteroatoms. The molecule has 6 nitrogen and oxygen atoms in total. The van der Waals surface area contributed by atoms with Crippen LogP contribution < -0.4 is 16.2 Å². The smallest absolute Gasteiger partial charge is 0.254 e. The molecule has 0 amide bonds. The SMILES string of the molecule is Nc1cc(=O)[nH]c(N2CCN(Cc3ccccc3)CC2)n1. The summed E-state index contributed by atoms with van der Waals surface area (Å²) in [5.74, 6) is 0.833. The van der Waals surface area contributed by atoms with E-state index in [2.05, 4.69) is 44.0 Å². The standard InChI is InChI=1S/C15H19N5O/c16-13-10-14(21)18-15(17-13)20-8-6-19(7-9-20)11-12-4-2-1-3-5-12/h1-5,10H,6-9,11H2,(H3,16,17,18,21). The van der Waals surface area contributed by atoms with E-state index >= 15 is 0 Å². The summed E-state index contributed by atoms with van der Waals surface area (Å²) < 4.78 is 0. The highest BCUT2D eigenvalue weighted by Crippen LogP contribution is 2.12. The van der Waals surface area contributed by atoms with Crippen molar-refractivity contribution in [1.29, 1.82) is 0 Å². The van der Waals surface area contributed by atoms with E-state index < -0.39 is 0 Å². The molecule has 1 aliphatic rings. The maximum absolute atomic E-state index is 11.4. The number of nitrogen functional groups attached to an aromatic ring is 1. The average molecular weight is 285 g/mol. The lowest BCUT2D eigenvalue weighted by Gasteiger charge is -2.35. The Morgan fingerprint density at radius 1 is 1.14 bits per heavy atom. The number of hydrogen-bond donors (Lipinski definition) is 2. The summed E-state index contributed by atoms with van der Waals surface area (Å²) in [6, 6.07) is 11.7. The molecule has 0 spiro atoms. The Morgan fingerprint density at radius 2 is 1.86 bits per heavy atom. The maximum Gasteiger partial charge on any atom is 0.254 e. The first kappa shape index (κ1) is 13.6. The summed E-state index contributed by atoms with van der Waals surface area (Å²) in [5, 5.41) is 0. The Balaban J connectivity index is 1.61. The summed E-state index contributed by atoms with van der Waals surface area (Å²) in [7, 11) is 0. The molecule has 1 aromatic carbocycles. The molecule has 0 unspecified atom stereocenters. The molecule has 2 aromatic rings. The molecule has 1 aliphatic heterocycles. The highest BCUT2D eigenvalue weighted by Gasteiger charge is 2.18. The van der Waals surface area contributed by atoms with E-state index in [1.807, 2.05) is 6.07 Å². The molecule has 110 valence electrons. The van der Waals surface area contributed by atoms with Crippen LogP contribution in [0, 0.1) is 0 Å². The van der Waals surface area contributed by atoms with Crippen molar-refractivity contribution >= 4 is 11.8 Å². The fraction of sp³-hybridized carbons (Fsp3) is 0.333. The first-order valence-corrected chi connectivity index (χ1v) is 7.09. The van der Waals surface area contributed by atoms with Gasteiger partial charge in [-0.2, -0.15) is 4.98 Å². The predicted molar refractivity (Wildman–Crippen MR) is 83.2 cm³/mol. The van der Waals surface area contributed by atoms with Crippen molar-refractivity contribution in [2.75, 3.05) is 36.8 Å². The molecule has 0 saturated carbocycles. The van der Waals surface area contributed by atoms with E-state index in [9.17, 15) is 4.79 Å². The third kappa shape index (κ3) is 3.41. The predicted octanol–water partition coefficient (Wildman–Crippen LogP) is 0.674. The van der Waals surface area contributed by atoms with Gasteiger partial charge in [0.1, 0.15) is 5.82 Å². The monoisotopic (exact) mass is 285 g/mol. The van der Waals surface area contributed by atoms with E-state index in [0.29, 0.717) is 5.95 Å². The number of nitrogens with zero attached hydrogens (tertiary/aromatic N) is 3. The molecule has 0 bridgehead atoms. The van der Waals surface area contributed by atoms with Gasteiger partial charge in [0, 0.05) is 38.8 Å². The molecule has 2 heterocycles. The van der Waals surface area contributed by atoms with Crippen LogP contribution in [-0.4, -0.2) is 41.0 Å². The van der Waals surface area contributed by atoms with Crippen LogP contribution in [0.3, 0.4) is 0 Å². The zero-order chi connectivity index (χ0) is 14.7. The van der Waals surface area contributed by atoms with Crippen LogP contribution in [0.2, 0.25) is 0 Å². The van der Waals surface area contributed by atoms with Crippen LogP contribution in [0.5, 0.6) is 0 Å². The molecule has 1 saturated heterocycles. The number of hydrogen-bond acceptors (Lipinski definition) is 5. The van der Waals surface area contributed by atoms with Crippen molar-refractivity contribution in [3.63, 3.8) is 0 Å². The van der Waals surface area contributed by atoms with Crippen molar-refractivity contribution in [1.82, 2.24) is 14.9 Å². The Morgan fingerprint density at radius 3 is 2.52 bits per heavy atom. The van der Waals surface area contributed by atoms with Crippen molar-refractivity contribution in [2.45, 2.75) is 6.54 Å². The molecule has 0 radical (unpaired) electrons. The van der Waals surface area contributed by atoms with Gasteiger partial charge >= 0.3 is 0 Å². The summed E-state index contributed by atoms with van der Waals surface area (Å²) in [4.78, 5) is 22.9. The molecule has 0 atom stereocenters. The molecular weight excluding hydrogens is 266 g/mol. The second-order valence-corrected chi connectivity index (χ2v) is 5.24. The number of anilines is 2. The number of nitrogens with one attached hydrogen (secondary N) is 1. The Labute approximate surface area is 123 Å². The first-order valence-electron chi connectivity index (χ1n) is 7.09. The molecule has 1 aromatic heterocycles. The van der Waals surface area contributed by atoms with E-state index in [-0.39, 0.29) is 11.4 Å². The van der Waals surface area contributed by atoms with Crippen LogP contribution in [0.4, 0.5) is 11.8 Å². The minimum absolute atomic E-state index is 0.204. The van der Waals surface area contributed by atoms with Crippen LogP contribution >= 0.6 is 0 Å². The van der Waals surface area contributed by atoms with Gasteiger partial charge in [-0.05, 0) is 5.56 Å². The van der Waals surface area contributed by atoms with E-state index in [0.717, 1.165) is 32.7 Å². The van der Waals surface area contributed by atoms with Gasteiger partial charge in [0.15, 0.2) is 0 Å². The third-order valence-electron chi connectivity index (χ3n) is 3.67. The van der Waals surface area contributed by atoms with Crippen LogP contribution in [0.25, 0.3) is 0 Å². The summed E-state index contributed by atoms with van der Waals surface area (Å²) >= 11 is 0. The lowest BCUT2D eigenvalue weighted by atomic mass is 10.2. The molecule has 1 fully saturated rings. The number of nitrogens with two attached hydrogens (primary N) is 1. The van der Waals surface area contributed by atoms with Gasteiger partial charge in [-0.1, -0.05) is 30.3 Å². The number of benzene rings is 1. The minimum atomic E-state index is -0.204. The highest BCUT2D eigenvalue weighted by atomic mass is 16.1. The van der Waals surface area contributed by atoms with Crippen molar-refractivity contribution in [2.24, 2.45) is 0 Å². The summed E-state index contributed by atoms with van der Waals surface area (Å²) in [6.45, 7) is 4.49. The second-order valence-electron chi connectivity index (χ2n) is 5.24. The molecule has 21 heavy (non-hydrogen) atoms. The number of rotatable bonds is 3. The number of aromatic nitrogens is 2. The van der Waals surface area contributed by atoms with Gasteiger partial charge in [-0.3, -0.25) is 14.7 Å². The minimum Gasteiger partial charge on any atom is -0.383 e. The lowest BCUT2D eigenvalue weighted by Crippen LogP contribution is -2.47. The molecule has 3 N–H and O–H groups in total. The van der Waals surface area contributed by atoms with Crippen LogP contribution in [-0.2, 0) is 6.54 Å². The zero-order valence-electron chi connectivity index (χ0n) is 11.8. The Kier molecular flexibility index (Phi) is 3.87. The zero-order valence-corrected chi connectivity index (χ0v) is 11.8. The normalized spacial score (nSPS) is 16.1. The van der Waals surface area contributed by atoms with Gasteiger partial charge in [-0.15, -0.1) is 0 Å². The van der Waals surface area contributed by atoms with Gasteiger partial charge < -0.3 is 10.6 Å². The van der Waals surface area contributed by atoms with Crippen LogP contribution in [0.15, 0.2) is 41.2 Å². The fourth-order valence-electron chi connectivity index (χ4n) is 2.57. The van der Waals surface area contributed by atoms with Gasteiger partial charge in [-0.25, -0.2) is 0 Å². The van der Waals surface area contributed by atoms with Crippen molar-refractivity contribution in [3.05, 3.63) is 52.3 Å². The first-order chi connectivity index (χ1) is 10.2. The van der Waals surface area contributed by atoms with Gasteiger partial charge in [0.2, 0.25) is 5.95 Å². The fourth-order valence-corrected chi connectivity index (χ4v) is 2.57. The van der Waals surface area contributed by atoms with Gasteiger partial charge in [0.25, 0.3) is 5.56 Å². The quantitative estimate of drug-likeness (QED) is 0.867. The Bertz CT molecular complexity index is 647. The lowest BCUT2D eigenvalue weighted by molar-refractivity contribution is 0.248. The highest BCUT2D eigenvalue weighted by molar-refractivity contribution is 5.38. The van der Waals surface area contributed by atoms with Crippen molar-refractivity contribution in [3.8, 4) is 0 Å². The summed E-state index contributed by atoms with van der Waals surface area (Å²) in [6.07, 6.45) is 0. The molecule has 3 rings (SSSR count). The Hall–Kier alpha value is -2.34. The number of piperazine rings is 1. The molecular formula is C15H19N5O. The topological polar surface area (TPSA) is 78.2 Å². The third-order valence-corrected chi connectivity index (χ3v) is 3.67. The van der Waals surface area contributed by atoms with E-state index in [1.54, 1.807) is 0 Å². The maximum atomic E-state index is 11.4. The average Bonchev–Trinajstić information content (AvgIpc) is 2.48. The number of H-pyrrole nitrogens is 1. The van der Waals surface area contributed by atoms with Crippen molar-refractivity contribution < 1.29 is 0 Å². The van der Waals surface area contributed by atoms with Crippen LogP contribution in [0.1, 0.15) is 5.56 Å². The number of aromatic amines is 1. The second kappa shape index (κ2) is 5.97. The van der Waals surface area contributed by atoms with Gasteiger partial charge in [0.05, 0.1) is 0 Å².